The van der Waals surface area contributed by atoms with Crippen LogP contribution in [-0.2, 0) is 0 Å². The molecule has 0 saturated carbocycles. The maximum absolute atomic E-state index is 12.0. The number of H-pyrrole nitrogens is 1. The highest BCUT2D eigenvalue weighted by atomic mass is 32.2. The predicted octanol–water partition coefficient (Wildman–Crippen LogP) is 3.46. The third-order valence-corrected chi connectivity index (χ3v) is 4.77. The normalized spacial score (nSPS) is 10.9. The molecule has 21 heavy (non-hydrogen) atoms. The van der Waals surface area contributed by atoms with Crippen LogP contribution in [0.25, 0.3) is 10.2 Å². The number of hydrogen-bond acceptors (Lipinski definition) is 5. The van der Waals surface area contributed by atoms with E-state index in [0.29, 0.717) is 17.1 Å². The molecular weight excluding hydrogens is 304 g/mol. The number of hydrogen-bond donors (Lipinski definition) is 1. The minimum Gasteiger partial charge on any atom is -0.493 e. The van der Waals surface area contributed by atoms with Gasteiger partial charge in [0.2, 0.25) is 0 Å². The second kappa shape index (κ2) is 6.32. The van der Waals surface area contributed by atoms with E-state index in [9.17, 15) is 4.79 Å². The first-order valence-electron chi connectivity index (χ1n) is 6.53. The van der Waals surface area contributed by atoms with Gasteiger partial charge in [-0.25, -0.2) is 4.98 Å². The van der Waals surface area contributed by atoms with Crippen molar-refractivity contribution < 1.29 is 4.74 Å². The Labute approximate surface area is 130 Å². The summed E-state index contributed by atoms with van der Waals surface area (Å²) in [4.78, 5) is 20.1. The quantitative estimate of drug-likeness (QED) is 0.445. The second-order valence-corrected chi connectivity index (χ2v) is 6.42. The van der Waals surface area contributed by atoms with Crippen molar-refractivity contribution in [3.63, 3.8) is 0 Å². The number of rotatable bonds is 5. The van der Waals surface area contributed by atoms with E-state index >= 15 is 0 Å². The lowest BCUT2D eigenvalue weighted by Crippen LogP contribution is -2.09. The van der Waals surface area contributed by atoms with Crippen molar-refractivity contribution in [2.45, 2.75) is 12.1 Å². The summed E-state index contributed by atoms with van der Waals surface area (Å²) in [6.07, 6.45) is 0. The first-order valence-corrected chi connectivity index (χ1v) is 8.39. The van der Waals surface area contributed by atoms with E-state index in [2.05, 4.69) is 9.97 Å². The molecule has 0 spiro atoms. The molecule has 0 atom stereocenters. The highest BCUT2D eigenvalue weighted by Gasteiger charge is 2.08. The van der Waals surface area contributed by atoms with Crippen LogP contribution in [0.15, 0.2) is 45.7 Å². The number of benzene rings is 1. The summed E-state index contributed by atoms with van der Waals surface area (Å²) >= 11 is 3.00. The molecule has 0 radical (unpaired) electrons. The fraction of sp³-hybridized carbons (Fsp3) is 0.200. The summed E-state index contributed by atoms with van der Waals surface area (Å²) in [5, 5.41) is 3.30. The van der Waals surface area contributed by atoms with Crippen LogP contribution in [0.1, 0.15) is 5.56 Å². The van der Waals surface area contributed by atoms with Gasteiger partial charge in [0.25, 0.3) is 5.56 Å². The summed E-state index contributed by atoms with van der Waals surface area (Å²) in [7, 11) is 0. The van der Waals surface area contributed by atoms with Gasteiger partial charge in [0.1, 0.15) is 10.6 Å². The molecule has 1 N–H and O–H groups in total. The van der Waals surface area contributed by atoms with Crippen molar-refractivity contribution in [1.82, 2.24) is 9.97 Å². The van der Waals surface area contributed by atoms with Gasteiger partial charge in [0, 0.05) is 5.75 Å². The molecule has 0 aliphatic heterocycles. The molecule has 0 bridgehead atoms. The van der Waals surface area contributed by atoms with Crippen molar-refractivity contribution in [3.8, 4) is 5.75 Å². The molecule has 3 rings (SSSR count). The molecule has 0 fully saturated rings. The fourth-order valence-corrected chi connectivity index (χ4v) is 3.61. The van der Waals surface area contributed by atoms with Crippen LogP contribution in [0.3, 0.4) is 0 Å². The minimum atomic E-state index is -0.0646. The molecule has 1 aromatic carbocycles. The number of nitrogens with zero attached hydrogens (tertiary/aromatic N) is 1. The summed E-state index contributed by atoms with van der Waals surface area (Å²) in [5.41, 5.74) is 0.915. The Balaban J connectivity index is 1.62. The van der Waals surface area contributed by atoms with E-state index in [-0.39, 0.29) is 5.56 Å². The largest absolute Gasteiger partial charge is 0.493 e. The van der Waals surface area contributed by atoms with E-state index in [4.69, 9.17) is 4.74 Å². The third kappa shape index (κ3) is 3.28. The molecule has 2 aromatic heterocycles. The lowest BCUT2D eigenvalue weighted by molar-refractivity contribution is 0.344. The number of nitrogens with one attached hydrogen (secondary N) is 1. The zero-order valence-electron chi connectivity index (χ0n) is 11.5. The number of aryl methyl sites for hydroxylation is 1. The summed E-state index contributed by atoms with van der Waals surface area (Å²) in [6, 6.07) is 9.67. The number of thioether (sulfide) groups is 1. The molecule has 108 valence electrons. The highest BCUT2D eigenvalue weighted by Crippen LogP contribution is 2.22. The second-order valence-electron chi connectivity index (χ2n) is 4.48. The van der Waals surface area contributed by atoms with Crippen LogP contribution in [0, 0.1) is 6.92 Å². The Bertz CT molecular complexity index is 796. The van der Waals surface area contributed by atoms with E-state index in [1.54, 1.807) is 0 Å². The summed E-state index contributed by atoms with van der Waals surface area (Å²) in [5.74, 6) is 1.58. The van der Waals surface area contributed by atoms with E-state index < -0.39 is 0 Å². The van der Waals surface area contributed by atoms with Crippen molar-refractivity contribution in [2.24, 2.45) is 0 Å². The Morgan fingerprint density at radius 2 is 2.14 bits per heavy atom. The maximum atomic E-state index is 12.0. The Morgan fingerprint density at radius 1 is 1.33 bits per heavy atom. The average Bonchev–Trinajstić information content (AvgIpc) is 2.87. The van der Waals surface area contributed by atoms with Crippen LogP contribution in [0.5, 0.6) is 5.75 Å². The van der Waals surface area contributed by atoms with E-state index in [1.165, 1.54) is 23.1 Å². The molecule has 6 heteroatoms. The average molecular weight is 318 g/mol. The van der Waals surface area contributed by atoms with Gasteiger partial charge in [-0.3, -0.25) is 4.79 Å². The monoisotopic (exact) mass is 318 g/mol. The molecule has 0 saturated heterocycles. The number of para-hydroxylation sites is 1. The lowest BCUT2D eigenvalue weighted by Gasteiger charge is -2.05. The first kappa shape index (κ1) is 14.2. The lowest BCUT2D eigenvalue weighted by atomic mass is 10.3. The van der Waals surface area contributed by atoms with E-state index in [1.807, 2.05) is 42.6 Å². The van der Waals surface area contributed by atoms with Crippen molar-refractivity contribution >= 4 is 33.3 Å². The smallest absolute Gasteiger partial charge is 0.260 e. The van der Waals surface area contributed by atoms with Gasteiger partial charge < -0.3 is 9.72 Å². The number of ether oxygens (including phenoxy) is 1. The summed E-state index contributed by atoms with van der Waals surface area (Å²) < 4.78 is 5.61. The topological polar surface area (TPSA) is 55.0 Å². The Morgan fingerprint density at radius 3 is 2.95 bits per heavy atom. The molecule has 4 nitrogen and oxygen atoms in total. The van der Waals surface area contributed by atoms with Crippen LogP contribution >= 0.6 is 23.1 Å². The van der Waals surface area contributed by atoms with Crippen molar-refractivity contribution in [1.29, 1.82) is 0 Å². The standard InChI is InChI=1S/C15H14N2O2S2/c1-10-9-21-14-12(10)13(18)16-15(17-14)20-8-7-19-11-5-3-2-4-6-11/h2-6,9H,7-8H2,1H3,(H,16,17,18). The molecule has 0 unspecified atom stereocenters. The molecule has 3 aromatic rings. The van der Waals surface area contributed by atoms with Gasteiger partial charge in [-0.15, -0.1) is 11.3 Å². The SMILES string of the molecule is Cc1csc2nc(SCCOc3ccccc3)[nH]c(=O)c12. The Hall–Kier alpha value is -1.79. The van der Waals surface area contributed by atoms with Gasteiger partial charge in [-0.2, -0.15) is 0 Å². The molecular formula is C15H14N2O2S2. The van der Waals surface area contributed by atoms with Crippen molar-refractivity contribution in [3.05, 3.63) is 51.6 Å². The number of aromatic amines is 1. The van der Waals surface area contributed by atoms with Gasteiger partial charge in [0.15, 0.2) is 5.16 Å². The van der Waals surface area contributed by atoms with Crippen LogP contribution in [0.2, 0.25) is 0 Å². The molecule has 0 aliphatic rings. The highest BCUT2D eigenvalue weighted by molar-refractivity contribution is 7.99. The Kier molecular flexibility index (Phi) is 4.26. The third-order valence-electron chi connectivity index (χ3n) is 2.94. The van der Waals surface area contributed by atoms with Crippen LogP contribution < -0.4 is 10.3 Å². The van der Waals surface area contributed by atoms with Gasteiger partial charge >= 0.3 is 0 Å². The van der Waals surface area contributed by atoms with Crippen LogP contribution in [-0.4, -0.2) is 22.3 Å². The van der Waals surface area contributed by atoms with Crippen LogP contribution in [0.4, 0.5) is 0 Å². The van der Waals surface area contributed by atoms with Gasteiger partial charge in [-0.1, -0.05) is 30.0 Å². The molecule has 2 heterocycles. The molecule has 0 amide bonds. The van der Waals surface area contributed by atoms with Crippen molar-refractivity contribution in [2.75, 3.05) is 12.4 Å². The molecule has 0 aliphatic carbocycles. The van der Waals surface area contributed by atoms with Gasteiger partial charge in [-0.05, 0) is 30.0 Å². The zero-order valence-corrected chi connectivity index (χ0v) is 13.1. The number of thiophene rings is 1. The summed E-state index contributed by atoms with van der Waals surface area (Å²) in [6.45, 7) is 2.50. The maximum Gasteiger partial charge on any atom is 0.260 e. The van der Waals surface area contributed by atoms with Gasteiger partial charge in [0.05, 0.1) is 12.0 Å². The number of aromatic nitrogens is 2. The predicted molar refractivity (Wildman–Crippen MR) is 87.6 cm³/mol. The minimum absolute atomic E-state index is 0.0646. The zero-order chi connectivity index (χ0) is 14.7. The fourth-order valence-electron chi connectivity index (χ4n) is 1.95. The number of fused-ring (bicyclic) bond motifs is 1. The first-order chi connectivity index (χ1) is 10.2. The van der Waals surface area contributed by atoms with E-state index in [0.717, 1.165) is 21.9 Å².